The highest BCUT2D eigenvalue weighted by molar-refractivity contribution is 5.91. The Balaban J connectivity index is 2.12. The molecule has 0 aliphatic carbocycles. The first-order valence-electron chi connectivity index (χ1n) is 6.01. The third-order valence-corrected chi connectivity index (χ3v) is 3.20. The maximum absolute atomic E-state index is 5.40. The molecule has 1 saturated heterocycles. The summed E-state index contributed by atoms with van der Waals surface area (Å²) in [6, 6.07) is 4.41. The van der Waals surface area contributed by atoms with E-state index in [4.69, 9.17) is 4.74 Å². The Morgan fingerprint density at radius 3 is 2.76 bits per heavy atom. The first kappa shape index (κ1) is 10.6. The standard InChI is InChI=1S/C13H17N3O/c1-10-7-11-9-15(2)14-13(11)12(8-10)16-3-5-17-6-4-16/h7-9H,3-6H2,1-2H3. The van der Waals surface area contributed by atoms with Crippen LogP contribution in [0.15, 0.2) is 18.3 Å². The summed E-state index contributed by atoms with van der Waals surface area (Å²) in [7, 11) is 1.97. The summed E-state index contributed by atoms with van der Waals surface area (Å²) in [5, 5.41) is 5.78. The number of hydrogen-bond donors (Lipinski definition) is 0. The summed E-state index contributed by atoms with van der Waals surface area (Å²) in [5.41, 5.74) is 3.62. The van der Waals surface area contributed by atoms with Crippen LogP contribution in [0.2, 0.25) is 0 Å². The van der Waals surface area contributed by atoms with Crippen molar-refractivity contribution in [1.29, 1.82) is 0 Å². The number of hydrogen-bond acceptors (Lipinski definition) is 3. The maximum Gasteiger partial charge on any atom is 0.116 e. The molecule has 0 radical (unpaired) electrons. The van der Waals surface area contributed by atoms with E-state index in [2.05, 4.69) is 35.3 Å². The van der Waals surface area contributed by atoms with Crippen molar-refractivity contribution in [3.05, 3.63) is 23.9 Å². The highest BCUT2D eigenvalue weighted by atomic mass is 16.5. The van der Waals surface area contributed by atoms with Crippen molar-refractivity contribution in [3.8, 4) is 0 Å². The number of ether oxygens (including phenoxy) is 1. The molecule has 0 spiro atoms. The number of rotatable bonds is 1. The van der Waals surface area contributed by atoms with Crippen LogP contribution >= 0.6 is 0 Å². The van der Waals surface area contributed by atoms with Crippen molar-refractivity contribution >= 4 is 16.6 Å². The van der Waals surface area contributed by atoms with Crippen LogP contribution in [0.4, 0.5) is 5.69 Å². The molecule has 0 N–H and O–H groups in total. The number of benzene rings is 1. The number of morpholine rings is 1. The minimum atomic E-state index is 0.808. The van der Waals surface area contributed by atoms with Gasteiger partial charge in [0.1, 0.15) is 5.52 Å². The fourth-order valence-electron chi connectivity index (χ4n) is 2.43. The summed E-state index contributed by atoms with van der Waals surface area (Å²) in [5.74, 6) is 0. The number of nitrogens with zero attached hydrogens (tertiary/aromatic N) is 3. The lowest BCUT2D eigenvalue weighted by molar-refractivity contribution is 0.123. The van der Waals surface area contributed by atoms with Crippen LogP contribution in [0, 0.1) is 6.92 Å². The first-order valence-corrected chi connectivity index (χ1v) is 6.01. The van der Waals surface area contributed by atoms with Gasteiger partial charge >= 0.3 is 0 Å². The quantitative estimate of drug-likeness (QED) is 0.748. The molecule has 0 atom stereocenters. The lowest BCUT2D eigenvalue weighted by Crippen LogP contribution is -2.36. The van der Waals surface area contributed by atoms with Crippen molar-refractivity contribution in [2.24, 2.45) is 7.05 Å². The van der Waals surface area contributed by atoms with Crippen molar-refractivity contribution < 1.29 is 4.74 Å². The van der Waals surface area contributed by atoms with Gasteiger partial charge in [-0.3, -0.25) is 4.68 Å². The third kappa shape index (κ3) is 1.89. The first-order chi connectivity index (χ1) is 8.24. The van der Waals surface area contributed by atoms with Gasteiger partial charge in [-0.15, -0.1) is 0 Å². The van der Waals surface area contributed by atoms with Gasteiger partial charge in [0.2, 0.25) is 0 Å². The van der Waals surface area contributed by atoms with Crippen LogP contribution < -0.4 is 4.90 Å². The molecule has 3 rings (SSSR count). The van der Waals surface area contributed by atoms with Crippen molar-refractivity contribution in [2.75, 3.05) is 31.2 Å². The van der Waals surface area contributed by atoms with Gasteiger partial charge in [0.15, 0.2) is 0 Å². The molecule has 1 aliphatic heterocycles. The van der Waals surface area contributed by atoms with Crippen LogP contribution in [-0.2, 0) is 11.8 Å². The van der Waals surface area contributed by atoms with Crippen molar-refractivity contribution in [1.82, 2.24) is 9.78 Å². The molecule has 90 valence electrons. The van der Waals surface area contributed by atoms with E-state index in [1.807, 2.05) is 11.7 Å². The molecule has 17 heavy (non-hydrogen) atoms. The molecule has 1 fully saturated rings. The zero-order valence-corrected chi connectivity index (χ0v) is 10.3. The SMILES string of the molecule is Cc1cc(N2CCOCC2)c2nn(C)cc2c1. The largest absolute Gasteiger partial charge is 0.378 e. The topological polar surface area (TPSA) is 30.3 Å². The lowest BCUT2D eigenvalue weighted by Gasteiger charge is -2.29. The minimum absolute atomic E-state index is 0.808. The Bertz CT molecular complexity index is 541. The van der Waals surface area contributed by atoms with Gasteiger partial charge in [-0.05, 0) is 24.6 Å². The smallest absolute Gasteiger partial charge is 0.116 e. The van der Waals surface area contributed by atoms with Gasteiger partial charge in [-0.1, -0.05) is 0 Å². The number of anilines is 1. The van der Waals surface area contributed by atoms with Crippen LogP contribution in [0.25, 0.3) is 10.9 Å². The van der Waals surface area contributed by atoms with Gasteiger partial charge in [-0.25, -0.2) is 0 Å². The summed E-state index contributed by atoms with van der Waals surface area (Å²) in [4.78, 5) is 2.37. The Hall–Kier alpha value is -1.55. The Morgan fingerprint density at radius 1 is 1.24 bits per heavy atom. The van der Waals surface area contributed by atoms with Crippen LogP contribution in [0.1, 0.15) is 5.56 Å². The van der Waals surface area contributed by atoms with Crippen LogP contribution in [0.3, 0.4) is 0 Å². The molecule has 2 aromatic rings. The molecule has 1 aromatic heterocycles. The highest BCUT2D eigenvalue weighted by Gasteiger charge is 2.16. The fraction of sp³-hybridized carbons (Fsp3) is 0.462. The van der Waals surface area contributed by atoms with E-state index < -0.39 is 0 Å². The summed E-state index contributed by atoms with van der Waals surface area (Å²) in [6.07, 6.45) is 2.08. The van der Waals surface area contributed by atoms with Gasteiger partial charge in [-0.2, -0.15) is 5.10 Å². The van der Waals surface area contributed by atoms with Crippen LogP contribution in [0.5, 0.6) is 0 Å². The van der Waals surface area contributed by atoms with E-state index in [1.54, 1.807) is 0 Å². The van der Waals surface area contributed by atoms with Gasteiger partial charge in [0, 0.05) is 31.7 Å². The summed E-state index contributed by atoms with van der Waals surface area (Å²) in [6.45, 7) is 5.66. The molecular weight excluding hydrogens is 214 g/mol. The van der Waals surface area contributed by atoms with E-state index in [-0.39, 0.29) is 0 Å². The average molecular weight is 231 g/mol. The predicted molar refractivity (Wildman–Crippen MR) is 68.5 cm³/mol. The number of aromatic nitrogens is 2. The summed E-state index contributed by atoms with van der Waals surface area (Å²) < 4.78 is 7.28. The molecule has 2 heterocycles. The summed E-state index contributed by atoms with van der Waals surface area (Å²) >= 11 is 0. The highest BCUT2D eigenvalue weighted by Crippen LogP contribution is 2.27. The molecule has 0 saturated carbocycles. The normalized spacial score (nSPS) is 16.7. The Labute approximate surface area is 101 Å². The van der Waals surface area contributed by atoms with E-state index in [0.717, 1.165) is 31.8 Å². The average Bonchev–Trinajstić information content (AvgIpc) is 2.69. The second-order valence-electron chi connectivity index (χ2n) is 4.62. The number of aryl methyl sites for hydroxylation is 2. The molecule has 1 aromatic carbocycles. The molecule has 0 amide bonds. The Morgan fingerprint density at radius 2 is 2.00 bits per heavy atom. The van der Waals surface area contributed by atoms with Gasteiger partial charge < -0.3 is 9.64 Å². The monoisotopic (exact) mass is 231 g/mol. The van der Waals surface area contributed by atoms with E-state index in [1.165, 1.54) is 16.6 Å². The van der Waals surface area contributed by atoms with Crippen LogP contribution in [-0.4, -0.2) is 36.1 Å². The zero-order valence-electron chi connectivity index (χ0n) is 10.3. The molecule has 4 nitrogen and oxygen atoms in total. The van der Waals surface area contributed by atoms with Crippen molar-refractivity contribution in [2.45, 2.75) is 6.92 Å². The van der Waals surface area contributed by atoms with E-state index in [0.29, 0.717) is 0 Å². The van der Waals surface area contributed by atoms with E-state index >= 15 is 0 Å². The lowest BCUT2D eigenvalue weighted by atomic mass is 10.1. The third-order valence-electron chi connectivity index (χ3n) is 3.20. The van der Waals surface area contributed by atoms with Gasteiger partial charge in [0.25, 0.3) is 0 Å². The second kappa shape index (κ2) is 4.04. The molecule has 1 aliphatic rings. The predicted octanol–water partition coefficient (Wildman–Crippen LogP) is 1.72. The zero-order chi connectivity index (χ0) is 11.8. The molecule has 0 bridgehead atoms. The van der Waals surface area contributed by atoms with Crippen molar-refractivity contribution in [3.63, 3.8) is 0 Å². The second-order valence-corrected chi connectivity index (χ2v) is 4.62. The fourth-order valence-corrected chi connectivity index (χ4v) is 2.43. The van der Waals surface area contributed by atoms with E-state index in [9.17, 15) is 0 Å². The maximum atomic E-state index is 5.40. The molecule has 0 unspecified atom stereocenters. The number of fused-ring (bicyclic) bond motifs is 1. The molecule has 4 heteroatoms. The minimum Gasteiger partial charge on any atom is -0.378 e. The van der Waals surface area contributed by atoms with Gasteiger partial charge in [0.05, 0.1) is 18.9 Å². The molecular formula is C13H17N3O. The Kier molecular flexibility index (Phi) is 2.52.